The highest BCUT2D eigenvalue weighted by atomic mass is 16.1. The van der Waals surface area contributed by atoms with Crippen LogP contribution in [-0.4, -0.2) is 20.9 Å². The number of carbonyl (C=O) groups is 1. The summed E-state index contributed by atoms with van der Waals surface area (Å²) in [6.45, 7) is 10.7. The highest BCUT2D eigenvalue weighted by Crippen LogP contribution is 2.23. The molecule has 3 aromatic rings. The number of anilines is 1. The van der Waals surface area contributed by atoms with Crippen LogP contribution in [0.1, 0.15) is 62.2 Å². The van der Waals surface area contributed by atoms with E-state index in [2.05, 4.69) is 50.2 Å². The largest absolute Gasteiger partial charge is 0.322 e. The zero-order chi connectivity index (χ0) is 19.6. The van der Waals surface area contributed by atoms with Gasteiger partial charge in [-0.15, -0.1) is 5.10 Å². The minimum atomic E-state index is -0.129. The van der Waals surface area contributed by atoms with Crippen molar-refractivity contribution >= 4 is 11.6 Å². The first-order chi connectivity index (χ1) is 12.8. The number of benzene rings is 2. The summed E-state index contributed by atoms with van der Waals surface area (Å²) >= 11 is 0. The van der Waals surface area contributed by atoms with Crippen LogP contribution in [0.2, 0.25) is 0 Å². The van der Waals surface area contributed by atoms with Gasteiger partial charge < -0.3 is 5.32 Å². The van der Waals surface area contributed by atoms with E-state index in [0.29, 0.717) is 11.5 Å². The SMILES string of the molecule is CC(C)c1cnnn1-c1cccc(NC(=O)c2ccc(C(C)(C)C)cc2)c1. The van der Waals surface area contributed by atoms with Gasteiger partial charge in [-0.3, -0.25) is 4.79 Å². The van der Waals surface area contributed by atoms with E-state index in [-0.39, 0.29) is 11.3 Å². The second-order valence-corrected chi connectivity index (χ2v) is 8.06. The van der Waals surface area contributed by atoms with Gasteiger partial charge in [-0.05, 0) is 47.2 Å². The second kappa shape index (κ2) is 7.35. The highest BCUT2D eigenvalue weighted by Gasteiger charge is 2.15. The van der Waals surface area contributed by atoms with Crippen molar-refractivity contribution in [2.75, 3.05) is 5.32 Å². The Bertz CT molecular complexity index is 933. The van der Waals surface area contributed by atoms with E-state index in [0.717, 1.165) is 17.1 Å². The molecule has 0 saturated carbocycles. The van der Waals surface area contributed by atoms with Crippen LogP contribution in [0.15, 0.2) is 54.7 Å². The van der Waals surface area contributed by atoms with E-state index in [1.807, 2.05) is 48.5 Å². The first kappa shape index (κ1) is 18.8. The average Bonchev–Trinajstić information content (AvgIpc) is 3.11. The third-order valence-corrected chi connectivity index (χ3v) is 4.53. The standard InChI is InChI=1S/C22H26N4O/c1-15(2)20-14-23-25-26(20)19-8-6-7-18(13-19)24-21(27)16-9-11-17(12-10-16)22(3,4)5/h6-15H,1-5H3,(H,24,27). The van der Waals surface area contributed by atoms with Crippen molar-refractivity contribution in [3.63, 3.8) is 0 Å². The maximum atomic E-state index is 12.6. The van der Waals surface area contributed by atoms with Crippen LogP contribution < -0.4 is 5.32 Å². The number of carbonyl (C=O) groups excluding carboxylic acids is 1. The first-order valence-electron chi connectivity index (χ1n) is 9.18. The Morgan fingerprint density at radius 1 is 1.07 bits per heavy atom. The molecule has 5 heteroatoms. The maximum absolute atomic E-state index is 12.6. The van der Waals surface area contributed by atoms with Gasteiger partial charge in [0.2, 0.25) is 0 Å². The number of aromatic nitrogens is 3. The molecule has 27 heavy (non-hydrogen) atoms. The van der Waals surface area contributed by atoms with Crippen LogP contribution in [0.4, 0.5) is 5.69 Å². The molecular weight excluding hydrogens is 336 g/mol. The fourth-order valence-electron chi connectivity index (χ4n) is 2.88. The molecule has 2 aromatic carbocycles. The summed E-state index contributed by atoms with van der Waals surface area (Å²) in [5.74, 6) is 0.176. The van der Waals surface area contributed by atoms with Gasteiger partial charge in [-0.2, -0.15) is 0 Å². The Hall–Kier alpha value is -2.95. The quantitative estimate of drug-likeness (QED) is 0.715. The molecule has 0 aliphatic heterocycles. The molecule has 1 aromatic heterocycles. The van der Waals surface area contributed by atoms with Gasteiger partial charge >= 0.3 is 0 Å². The van der Waals surface area contributed by atoms with E-state index < -0.39 is 0 Å². The minimum Gasteiger partial charge on any atom is -0.322 e. The van der Waals surface area contributed by atoms with Crippen molar-refractivity contribution in [3.8, 4) is 5.69 Å². The summed E-state index contributed by atoms with van der Waals surface area (Å²) in [5, 5.41) is 11.2. The van der Waals surface area contributed by atoms with Crippen molar-refractivity contribution in [3.05, 3.63) is 71.5 Å². The lowest BCUT2D eigenvalue weighted by molar-refractivity contribution is 0.102. The molecule has 0 fully saturated rings. The molecule has 0 saturated heterocycles. The third-order valence-electron chi connectivity index (χ3n) is 4.53. The lowest BCUT2D eigenvalue weighted by Crippen LogP contribution is -2.14. The minimum absolute atomic E-state index is 0.0647. The molecule has 0 aliphatic carbocycles. The van der Waals surface area contributed by atoms with Gasteiger partial charge in [0.15, 0.2) is 0 Å². The number of rotatable bonds is 4. The number of nitrogens with zero attached hydrogens (tertiary/aromatic N) is 3. The van der Waals surface area contributed by atoms with Crippen molar-refractivity contribution < 1.29 is 4.79 Å². The molecule has 3 rings (SSSR count). The Morgan fingerprint density at radius 2 is 1.78 bits per heavy atom. The zero-order valence-corrected chi connectivity index (χ0v) is 16.5. The Labute approximate surface area is 160 Å². The predicted octanol–water partition coefficient (Wildman–Crippen LogP) is 4.94. The molecule has 0 unspecified atom stereocenters. The number of hydrogen-bond donors (Lipinski definition) is 1. The summed E-state index contributed by atoms with van der Waals surface area (Å²) in [5.41, 5.74) is 4.52. The van der Waals surface area contributed by atoms with Gasteiger partial charge in [0.05, 0.1) is 17.6 Å². The number of hydrogen-bond acceptors (Lipinski definition) is 3. The fourth-order valence-corrected chi connectivity index (χ4v) is 2.88. The topological polar surface area (TPSA) is 59.8 Å². The lowest BCUT2D eigenvalue weighted by atomic mass is 9.87. The van der Waals surface area contributed by atoms with Crippen LogP contribution in [0, 0.1) is 0 Å². The van der Waals surface area contributed by atoms with Crippen molar-refractivity contribution in [2.24, 2.45) is 0 Å². The molecule has 1 heterocycles. The predicted molar refractivity (Wildman–Crippen MR) is 109 cm³/mol. The Morgan fingerprint density at radius 3 is 2.41 bits per heavy atom. The molecule has 140 valence electrons. The maximum Gasteiger partial charge on any atom is 0.255 e. The van der Waals surface area contributed by atoms with Crippen LogP contribution in [0.25, 0.3) is 5.69 Å². The highest BCUT2D eigenvalue weighted by molar-refractivity contribution is 6.04. The van der Waals surface area contributed by atoms with Crippen LogP contribution in [-0.2, 0) is 5.41 Å². The zero-order valence-electron chi connectivity index (χ0n) is 16.5. The van der Waals surface area contributed by atoms with E-state index in [9.17, 15) is 4.79 Å². The Kier molecular flexibility index (Phi) is 5.13. The molecule has 1 amide bonds. The van der Waals surface area contributed by atoms with Gasteiger partial charge in [-0.25, -0.2) is 4.68 Å². The average molecular weight is 362 g/mol. The number of amides is 1. The molecule has 0 atom stereocenters. The van der Waals surface area contributed by atoms with E-state index in [4.69, 9.17) is 0 Å². The normalized spacial score (nSPS) is 11.6. The molecule has 0 spiro atoms. The van der Waals surface area contributed by atoms with Crippen LogP contribution in [0.5, 0.6) is 0 Å². The molecule has 1 N–H and O–H groups in total. The number of nitrogens with one attached hydrogen (secondary N) is 1. The van der Waals surface area contributed by atoms with Gasteiger partial charge in [0.1, 0.15) is 0 Å². The van der Waals surface area contributed by atoms with Gasteiger partial charge in [-0.1, -0.05) is 58.0 Å². The van der Waals surface area contributed by atoms with Gasteiger partial charge in [0.25, 0.3) is 5.91 Å². The monoisotopic (exact) mass is 362 g/mol. The van der Waals surface area contributed by atoms with Gasteiger partial charge in [0, 0.05) is 11.3 Å². The Balaban J connectivity index is 1.80. The smallest absolute Gasteiger partial charge is 0.255 e. The van der Waals surface area contributed by atoms with E-state index in [1.165, 1.54) is 5.56 Å². The summed E-state index contributed by atoms with van der Waals surface area (Å²) in [7, 11) is 0. The third kappa shape index (κ3) is 4.25. The molecular formula is C22H26N4O. The van der Waals surface area contributed by atoms with E-state index in [1.54, 1.807) is 10.9 Å². The molecule has 5 nitrogen and oxygen atoms in total. The van der Waals surface area contributed by atoms with Crippen molar-refractivity contribution in [1.82, 2.24) is 15.0 Å². The summed E-state index contributed by atoms with van der Waals surface area (Å²) in [6.07, 6.45) is 1.77. The van der Waals surface area contributed by atoms with Crippen molar-refractivity contribution in [1.29, 1.82) is 0 Å². The molecule has 0 bridgehead atoms. The van der Waals surface area contributed by atoms with Crippen LogP contribution in [0.3, 0.4) is 0 Å². The molecule has 0 aliphatic rings. The second-order valence-electron chi connectivity index (χ2n) is 8.06. The van der Waals surface area contributed by atoms with E-state index >= 15 is 0 Å². The fraction of sp³-hybridized carbons (Fsp3) is 0.318. The first-order valence-corrected chi connectivity index (χ1v) is 9.18. The molecule has 0 radical (unpaired) electrons. The van der Waals surface area contributed by atoms with Crippen molar-refractivity contribution in [2.45, 2.75) is 46.0 Å². The summed E-state index contributed by atoms with van der Waals surface area (Å²) < 4.78 is 1.80. The lowest BCUT2D eigenvalue weighted by Gasteiger charge is -2.19. The van der Waals surface area contributed by atoms with Crippen LogP contribution >= 0.6 is 0 Å². The summed E-state index contributed by atoms with van der Waals surface area (Å²) in [6, 6.07) is 15.4. The summed E-state index contributed by atoms with van der Waals surface area (Å²) in [4.78, 5) is 12.6.